The summed E-state index contributed by atoms with van der Waals surface area (Å²) in [6.45, 7) is -0.0652. The van der Waals surface area contributed by atoms with Crippen LogP contribution in [-0.4, -0.2) is 36.9 Å². The highest BCUT2D eigenvalue weighted by molar-refractivity contribution is 5.77. The number of benzene rings is 1. The Hall–Kier alpha value is -1.95. The molecule has 4 N–H and O–H groups in total. The maximum absolute atomic E-state index is 11.0. The van der Waals surface area contributed by atoms with Crippen molar-refractivity contribution in [1.82, 2.24) is 0 Å². The topological polar surface area (TPSA) is 102 Å². The Morgan fingerprint density at radius 3 is 2.47 bits per heavy atom. The summed E-state index contributed by atoms with van der Waals surface area (Å²) in [5.74, 6) is -1.69. The minimum atomic E-state index is -1.06. The lowest BCUT2D eigenvalue weighted by molar-refractivity contribution is -0.138. The first-order valence-corrected chi connectivity index (χ1v) is 4.92. The summed E-state index contributed by atoms with van der Waals surface area (Å²) in [4.78, 5) is 11.0. The summed E-state index contributed by atoms with van der Waals surface area (Å²) in [6.07, 6.45) is 0. The minimum Gasteiger partial charge on any atom is -0.504 e. The van der Waals surface area contributed by atoms with Crippen LogP contribution in [0.15, 0.2) is 12.1 Å². The summed E-state index contributed by atoms with van der Waals surface area (Å²) >= 11 is 0. The summed E-state index contributed by atoms with van der Waals surface area (Å²) in [5, 5.41) is 18.7. The van der Waals surface area contributed by atoms with Crippen molar-refractivity contribution in [2.75, 3.05) is 20.8 Å². The quantitative estimate of drug-likeness (QED) is 0.695. The number of methoxy groups -OCH3 is 2. The van der Waals surface area contributed by atoms with E-state index in [4.69, 9.17) is 20.3 Å². The molecule has 1 aromatic rings. The van der Waals surface area contributed by atoms with Crippen LogP contribution in [0, 0.1) is 0 Å². The normalized spacial score (nSPS) is 11.9. The van der Waals surface area contributed by atoms with Crippen LogP contribution in [0.5, 0.6) is 17.2 Å². The highest BCUT2D eigenvalue weighted by Gasteiger charge is 2.22. The van der Waals surface area contributed by atoms with E-state index in [1.165, 1.54) is 26.4 Å². The summed E-state index contributed by atoms with van der Waals surface area (Å²) in [6, 6.07) is 2.80. The first kappa shape index (κ1) is 13.1. The Labute approximate surface area is 98.6 Å². The van der Waals surface area contributed by atoms with Gasteiger partial charge >= 0.3 is 5.97 Å². The first-order chi connectivity index (χ1) is 8.04. The van der Waals surface area contributed by atoms with Gasteiger partial charge in [0.15, 0.2) is 11.5 Å². The molecule has 17 heavy (non-hydrogen) atoms. The molecule has 0 aliphatic rings. The van der Waals surface area contributed by atoms with Crippen LogP contribution in [0.4, 0.5) is 0 Å². The number of ether oxygens (including phenoxy) is 2. The van der Waals surface area contributed by atoms with Gasteiger partial charge in [-0.1, -0.05) is 0 Å². The van der Waals surface area contributed by atoms with Crippen LogP contribution in [0.2, 0.25) is 0 Å². The maximum Gasteiger partial charge on any atom is 0.312 e. The molecule has 1 unspecified atom stereocenters. The second kappa shape index (κ2) is 5.40. The van der Waals surface area contributed by atoms with Gasteiger partial charge in [-0.05, 0) is 17.7 Å². The predicted molar refractivity (Wildman–Crippen MR) is 60.6 cm³/mol. The molecule has 0 amide bonds. The Bertz CT molecular complexity index is 419. The number of carboxylic acid groups (broad SMARTS) is 1. The van der Waals surface area contributed by atoms with Gasteiger partial charge in [-0.25, -0.2) is 0 Å². The van der Waals surface area contributed by atoms with Gasteiger partial charge in [0.1, 0.15) is 0 Å². The summed E-state index contributed by atoms with van der Waals surface area (Å²) < 4.78 is 9.96. The molecule has 0 bridgehead atoms. The van der Waals surface area contributed by atoms with Crippen molar-refractivity contribution >= 4 is 5.97 Å². The van der Waals surface area contributed by atoms with Crippen molar-refractivity contribution in [3.8, 4) is 17.2 Å². The molecule has 0 saturated heterocycles. The first-order valence-electron chi connectivity index (χ1n) is 4.92. The molecule has 0 radical (unpaired) electrons. The molecule has 0 fully saturated rings. The molecular weight excluding hydrogens is 226 g/mol. The number of phenolic OH excluding ortho intramolecular Hbond substituents is 1. The number of hydrogen-bond acceptors (Lipinski definition) is 5. The average molecular weight is 241 g/mol. The van der Waals surface area contributed by atoms with Gasteiger partial charge in [-0.2, -0.15) is 0 Å². The smallest absolute Gasteiger partial charge is 0.312 e. The fourth-order valence-electron chi connectivity index (χ4n) is 1.55. The van der Waals surface area contributed by atoms with Crippen molar-refractivity contribution in [2.45, 2.75) is 5.92 Å². The zero-order chi connectivity index (χ0) is 13.0. The van der Waals surface area contributed by atoms with Gasteiger partial charge in [0, 0.05) is 6.54 Å². The number of rotatable bonds is 5. The van der Waals surface area contributed by atoms with Crippen molar-refractivity contribution in [2.24, 2.45) is 5.73 Å². The van der Waals surface area contributed by atoms with E-state index in [9.17, 15) is 9.90 Å². The van der Waals surface area contributed by atoms with Crippen LogP contribution in [-0.2, 0) is 4.79 Å². The number of carbonyl (C=O) groups is 1. The van der Waals surface area contributed by atoms with Gasteiger partial charge in [0.2, 0.25) is 5.75 Å². The molecular formula is C11H15NO5. The largest absolute Gasteiger partial charge is 0.504 e. The third-order valence-electron chi connectivity index (χ3n) is 2.42. The number of carboxylic acids is 1. The fourth-order valence-corrected chi connectivity index (χ4v) is 1.55. The van der Waals surface area contributed by atoms with Crippen molar-refractivity contribution in [1.29, 1.82) is 0 Å². The number of hydrogen-bond donors (Lipinski definition) is 3. The van der Waals surface area contributed by atoms with Gasteiger partial charge in [-0.3, -0.25) is 4.79 Å². The Kier molecular flexibility index (Phi) is 4.17. The second-order valence-electron chi connectivity index (χ2n) is 3.40. The predicted octanol–water partition coefficient (Wildman–Crippen LogP) is 0.536. The Morgan fingerprint density at radius 1 is 1.41 bits per heavy atom. The monoisotopic (exact) mass is 241 g/mol. The lowest BCUT2D eigenvalue weighted by Crippen LogP contribution is -2.21. The van der Waals surface area contributed by atoms with Crippen LogP contribution < -0.4 is 15.2 Å². The molecule has 1 rings (SSSR count). The van der Waals surface area contributed by atoms with Crippen LogP contribution in [0.3, 0.4) is 0 Å². The van der Waals surface area contributed by atoms with E-state index in [0.29, 0.717) is 5.56 Å². The van der Waals surface area contributed by atoms with Crippen LogP contribution >= 0.6 is 0 Å². The van der Waals surface area contributed by atoms with Gasteiger partial charge < -0.3 is 25.4 Å². The van der Waals surface area contributed by atoms with Gasteiger partial charge in [-0.15, -0.1) is 0 Å². The summed E-state index contributed by atoms with van der Waals surface area (Å²) in [7, 11) is 2.79. The fraction of sp³-hybridized carbons (Fsp3) is 0.364. The summed E-state index contributed by atoms with van der Waals surface area (Å²) in [5.41, 5.74) is 5.75. The van der Waals surface area contributed by atoms with E-state index in [-0.39, 0.29) is 23.8 Å². The molecule has 0 aliphatic carbocycles. The van der Waals surface area contributed by atoms with E-state index < -0.39 is 11.9 Å². The van der Waals surface area contributed by atoms with Crippen molar-refractivity contribution in [3.05, 3.63) is 17.7 Å². The number of aromatic hydroxyl groups is 1. The van der Waals surface area contributed by atoms with Crippen LogP contribution in [0.1, 0.15) is 11.5 Å². The molecule has 0 saturated carbocycles. The van der Waals surface area contributed by atoms with E-state index in [1.54, 1.807) is 0 Å². The zero-order valence-electron chi connectivity index (χ0n) is 9.64. The number of aliphatic carboxylic acids is 1. The van der Waals surface area contributed by atoms with Gasteiger partial charge in [0.25, 0.3) is 0 Å². The molecule has 0 aromatic heterocycles. The second-order valence-corrected chi connectivity index (χ2v) is 3.40. The van der Waals surface area contributed by atoms with Crippen molar-refractivity contribution in [3.63, 3.8) is 0 Å². The molecule has 1 aromatic carbocycles. The minimum absolute atomic E-state index is 0.0652. The highest BCUT2D eigenvalue weighted by Crippen LogP contribution is 2.39. The lowest BCUT2D eigenvalue weighted by atomic mass is 9.98. The zero-order valence-corrected chi connectivity index (χ0v) is 9.64. The SMILES string of the molecule is COc1cc(C(CN)C(=O)O)cc(O)c1OC. The lowest BCUT2D eigenvalue weighted by Gasteiger charge is -2.15. The van der Waals surface area contributed by atoms with Crippen molar-refractivity contribution < 1.29 is 24.5 Å². The molecule has 6 nitrogen and oxygen atoms in total. The molecule has 94 valence electrons. The standard InChI is InChI=1S/C11H15NO5/c1-16-9-4-6(7(5-12)11(14)15)3-8(13)10(9)17-2/h3-4,7,13H,5,12H2,1-2H3,(H,14,15). The van der Waals surface area contributed by atoms with Crippen LogP contribution in [0.25, 0.3) is 0 Å². The van der Waals surface area contributed by atoms with E-state index in [1.807, 2.05) is 0 Å². The molecule has 6 heteroatoms. The van der Waals surface area contributed by atoms with E-state index >= 15 is 0 Å². The Morgan fingerprint density at radius 2 is 2.06 bits per heavy atom. The van der Waals surface area contributed by atoms with E-state index in [2.05, 4.69) is 0 Å². The average Bonchev–Trinajstić information content (AvgIpc) is 2.28. The number of nitrogens with two attached hydrogens (primary N) is 1. The Balaban J connectivity index is 3.27. The van der Waals surface area contributed by atoms with E-state index in [0.717, 1.165) is 0 Å². The molecule has 0 spiro atoms. The maximum atomic E-state index is 11.0. The molecule has 1 atom stereocenters. The third kappa shape index (κ3) is 2.59. The molecule has 0 aliphatic heterocycles. The highest BCUT2D eigenvalue weighted by atomic mass is 16.5. The molecule has 0 heterocycles. The third-order valence-corrected chi connectivity index (χ3v) is 2.42. The van der Waals surface area contributed by atoms with Gasteiger partial charge in [0.05, 0.1) is 20.1 Å². The number of phenols is 1.